The van der Waals surface area contributed by atoms with Crippen molar-refractivity contribution in [3.63, 3.8) is 0 Å². The van der Waals surface area contributed by atoms with Gasteiger partial charge in [0.1, 0.15) is 0 Å². The third-order valence-corrected chi connectivity index (χ3v) is 3.76. The first-order valence-corrected chi connectivity index (χ1v) is 7.14. The Morgan fingerprint density at radius 2 is 1.71 bits per heavy atom. The minimum absolute atomic E-state index is 0.598. The van der Waals surface area contributed by atoms with Gasteiger partial charge in [0.05, 0.1) is 0 Å². The molecule has 1 aliphatic rings. The van der Waals surface area contributed by atoms with Crippen LogP contribution in [-0.2, 0) is 6.42 Å². The lowest BCUT2D eigenvalue weighted by Gasteiger charge is -2.22. The van der Waals surface area contributed by atoms with Gasteiger partial charge in [0.2, 0.25) is 0 Å². The SMILES string of the molecule is CC(Cc1ccccc1)NC1CCCCCC1. The van der Waals surface area contributed by atoms with E-state index < -0.39 is 0 Å². The molecule has 17 heavy (non-hydrogen) atoms. The van der Waals surface area contributed by atoms with Gasteiger partial charge >= 0.3 is 0 Å². The summed E-state index contributed by atoms with van der Waals surface area (Å²) in [4.78, 5) is 0. The molecule has 0 aromatic heterocycles. The van der Waals surface area contributed by atoms with Crippen LogP contribution in [0, 0.1) is 0 Å². The summed E-state index contributed by atoms with van der Waals surface area (Å²) in [6.45, 7) is 2.32. The molecule has 0 radical (unpaired) electrons. The Labute approximate surface area is 106 Å². The first-order valence-electron chi connectivity index (χ1n) is 7.14. The third-order valence-electron chi connectivity index (χ3n) is 3.76. The van der Waals surface area contributed by atoms with Gasteiger partial charge in [-0.1, -0.05) is 56.0 Å². The average molecular weight is 231 g/mol. The summed E-state index contributed by atoms with van der Waals surface area (Å²) < 4.78 is 0. The second-order valence-corrected chi connectivity index (χ2v) is 5.45. The number of nitrogens with one attached hydrogen (secondary N) is 1. The number of hydrogen-bond acceptors (Lipinski definition) is 1. The molecule has 1 N–H and O–H groups in total. The highest BCUT2D eigenvalue weighted by molar-refractivity contribution is 5.15. The van der Waals surface area contributed by atoms with Crippen LogP contribution in [0.2, 0.25) is 0 Å². The van der Waals surface area contributed by atoms with Gasteiger partial charge in [-0.15, -0.1) is 0 Å². The van der Waals surface area contributed by atoms with E-state index >= 15 is 0 Å². The highest BCUT2D eigenvalue weighted by Gasteiger charge is 2.14. The normalized spacial score (nSPS) is 19.8. The minimum atomic E-state index is 0.598. The maximum Gasteiger partial charge on any atom is 0.00817 e. The van der Waals surface area contributed by atoms with E-state index in [4.69, 9.17) is 0 Å². The monoisotopic (exact) mass is 231 g/mol. The molecule has 1 unspecified atom stereocenters. The van der Waals surface area contributed by atoms with Gasteiger partial charge in [0.15, 0.2) is 0 Å². The molecule has 0 amide bonds. The molecular weight excluding hydrogens is 206 g/mol. The van der Waals surface area contributed by atoms with Crippen molar-refractivity contribution in [1.82, 2.24) is 5.32 Å². The number of benzene rings is 1. The van der Waals surface area contributed by atoms with Crippen molar-refractivity contribution < 1.29 is 0 Å². The van der Waals surface area contributed by atoms with Crippen LogP contribution in [0.3, 0.4) is 0 Å². The van der Waals surface area contributed by atoms with E-state index in [1.54, 1.807) is 0 Å². The van der Waals surface area contributed by atoms with Crippen molar-refractivity contribution in [2.24, 2.45) is 0 Å². The molecule has 0 spiro atoms. The highest BCUT2D eigenvalue weighted by atomic mass is 14.9. The van der Waals surface area contributed by atoms with Gasteiger partial charge in [-0.05, 0) is 31.7 Å². The Morgan fingerprint density at radius 1 is 1.06 bits per heavy atom. The van der Waals surface area contributed by atoms with Crippen LogP contribution in [-0.4, -0.2) is 12.1 Å². The summed E-state index contributed by atoms with van der Waals surface area (Å²) in [5, 5.41) is 3.81. The molecule has 0 aliphatic heterocycles. The molecule has 0 saturated heterocycles. The molecule has 1 saturated carbocycles. The topological polar surface area (TPSA) is 12.0 Å². The first kappa shape index (κ1) is 12.6. The van der Waals surface area contributed by atoms with Crippen molar-refractivity contribution in [3.8, 4) is 0 Å². The third kappa shape index (κ3) is 4.51. The van der Waals surface area contributed by atoms with Crippen LogP contribution in [0.4, 0.5) is 0 Å². The second-order valence-electron chi connectivity index (χ2n) is 5.45. The molecule has 1 atom stereocenters. The molecule has 0 bridgehead atoms. The van der Waals surface area contributed by atoms with Gasteiger partial charge < -0.3 is 5.32 Å². The zero-order chi connectivity index (χ0) is 11.9. The number of hydrogen-bond donors (Lipinski definition) is 1. The number of rotatable bonds is 4. The quantitative estimate of drug-likeness (QED) is 0.774. The van der Waals surface area contributed by atoms with E-state index in [9.17, 15) is 0 Å². The molecule has 1 heteroatoms. The van der Waals surface area contributed by atoms with Crippen molar-refractivity contribution >= 4 is 0 Å². The van der Waals surface area contributed by atoms with Crippen molar-refractivity contribution in [3.05, 3.63) is 35.9 Å². The van der Waals surface area contributed by atoms with Crippen molar-refractivity contribution in [2.45, 2.75) is 64.0 Å². The molecule has 2 rings (SSSR count). The summed E-state index contributed by atoms with van der Waals surface area (Å²) in [6, 6.07) is 12.2. The van der Waals surface area contributed by atoms with Crippen LogP contribution in [0.5, 0.6) is 0 Å². The van der Waals surface area contributed by atoms with Crippen molar-refractivity contribution in [2.75, 3.05) is 0 Å². The van der Waals surface area contributed by atoms with E-state index in [2.05, 4.69) is 42.6 Å². The Kier molecular flexibility index (Phi) is 5.06. The van der Waals surface area contributed by atoms with E-state index in [-0.39, 0.29) is 0 Å². The van der Waals surface area contributed by atoms with Gasteiger partial charge in [-0.25, -0.2) is 0 Å². The van der Waals surface area contributed by atoms with E-state index in [0.29, 0.717) is 6.04 Å². The molecule has 1 fully saturated rings. The lowest BCUT2D eigenvalue weighted by atomic mass is 10.0. The summed E-state index contributed by atoms with van der Waals surface area (Å²) >= 11 is 0. The maximum atomic E-state index is 3.81. The van der Waals surface area contributed by atoms with Gasteiger partial charge in [0, 0.05) is 12.1 Å². The highest BCUT2D eigenvalue weighted by Crippen LogP contribution is 2.18. The predicted octanol–water partition coefficient (Wildman–Crippen LogP) is 3.93. The first-order chi connectivity index (χ1) is 8.34. The van der Waals surface area contributed by atoms with Crippen molar-refractivity contribution in [1.29, 1.82) is 0 Å². The standard InChI is InChI=1S/C16H25N/c1-14(13-15-9-5-4-6-10-15)17-16-11-7-2-3-8-12-16/h4-6,9-10,14,16-17H,2-3,7-8,11-13H2,1H3. The van der Waals surface area contributed by atoms with Gasteiger partial charge in [-0.2, -0.15) is 0 Å². The Morgan fingerprint density at radius 3 is 2.35 bits per heavy atom. The zero-order valence-corrected chi connectivity index (χ0v) is 11.0. The average Bonchev–Trinajstić information content (AvgIpc) is 2.59. The second kappa shape index (κ2) is 6.80. The Balaban J connectivity index is 1.78. The van der Waals surface area contributed by atoms with Crippen LogP contribution in [0.25, 0.3) is 0 Å². The smallest absolute Gasteiger partial charge is 0.00817 e. The molecular formula is C16H25N. The summed E-state index contributed by atoms with van der Waals surface area (Å²) in [6.07, 6.45) is 9.59. The van der Waals surface area contributed by atoms with Crippen LogP contribution in [0.1, 0.15) is 51.0 Å². The molecule has 94 valence electrons. The lowest BCUT2D eigenvalue weighted by molar-refractivity contribution is 0.406. The zero-order valence-electron chi connectivity index (χ0n) is 11.0. The summed E-state index contributed by atoms with van der Waals surface area (Å²) in [5.41, 5.74) is 1.45. The molecule has 0 heterocycles. The lowest BCUT2D eigenvalue weighted by Crippen LogP contribution is -2.37. The molecule has 1 nitrogen and oxygen atoms in total. The maximum absolute atomic E-state index is 3.81. The van der Waals surface area contributed by atoms with Crippen LogP contribution >= 0.6 is 0 Å². The van der Waals surface area contributed by atoms with Crippen LogP contribution < -0.4 is 5.32 Å². The fraction of sp³-hybridized carbons (Fsp3) is 0.625. The van der Waals surface area contributed by atoms with Gasteiger partial charge in [0.25, 0.3) is 0 Å². The van der Waals surface area contributed by atoms with Crippen LogP contribution in [0.15, 0.2) is 30.3 Å². The predicted molar refractivity (Wildman–Crippen MR) is 74.2 cm³/mol. The van der Waals surface area contributed by atoms with E-state index in [0.717, 1.165) is 12.5 Å². The fourth-order valence-electron chi connectivity index (χ4n) is 2.87. The van der Waals surface area contributed by atoms with E-state index in [1.807, 2.05) is 0 Å². The summed E-state index contributed by atoms with van der Waals surface area (Å²) in [7, 11) is 0. The molecule has 1 aromatic carbocycles. The minimum Gasteiger partial charge on any atom is -0.311 e. The largest absolute Gasteiger partial charge is 0.311 e. The summed E-state index contributed by atoms with van der Waals surface area (Å²) in [5.74, 6) is 0. The van der Waals surface area contributed by atoms with E-state index in [1.165, 1.54) is 44.1 Å². The fourth-order valence-corrected chi connectivity index (χ4v) is 2.87. The van der Waals surface area contributed by atoms with Gasteiger partial charge in [-0.3, -0.25) is 0 Å². The molecule has 1 aliphatic carbocycles. The Bertz CT molecular complexity index is 299. The Hall–Kier alpha value is -0.820. The molecule has 1 aromatic rings.